The van der Waals surface area contributed by atoms with Crippen LogP contribution < -0.4 is 5.73 Å². The van der Waals surface area contributed by atoms with Crippen LogP contribution in [-0.2, 0) is 15.0 Å². The van der Waals surface area contributed by atoms with E-state index in [0.29, 0.717) is 32.2 Å². The van der Waals surface area contributed by atoms with Gasteiger partial charge in [0.2, 0.25) is 5.91 Å². The van der Waals surface area contributed by atoms with Gasteiger partial charge in [-0.15, -0.1) is 0 Å². The van der Waals surface area contributed by atoms with Crippen molar-refractivity contribution in [3.63, 3.8) is 0 Å². The number of likely N-dealkylation sites (tertiary alicyclic amines) is 1. The van der Waals surface area contributed by atoms with E-state index in [1.807, 2.05) is 18.2 Å². The predicted molar refractivity (Wildman–Crippen MR) is 88.7 cm³/mol. The summed E-state index contributed by atoms with van der Waals surface area (Å²) in [5, 5.41) is 10.2. The monoisotopic (exact) mass is 318 g/mol. The molecule has 0 aliphatic carbocycles. The number of primary amides is 1. The summed E-state index contributed by atoms with van der Waals surface area (Å²) in [6.45, 7) is 4.81. The van der Waals surface area contributed by atoms with Crippen molar-refractivity contribution in [1.29, 1.82) is 0 Å². The molecule has 23 heavy (non-hydrogen) atoms. The first-order chi connectivity index (χ1) is 10.7. The van der Waals surface area contributed by atoms with Gasteiger partial charge in [-0.25, -0.2) is 0 Å². The molecule has 2 rings (SSSR count). The second kappa shape index (κ2) is 6.71. The molecule has 1 aromatic carbocycles. The molecule has 5 nitrogen and oxygen atoms in total. The summed E-state index contributed by atoms with van der Waals surface area (Å²) in [5.41, 5.74) is 4.77. The quantitative estimate of drug-likeness (QED) is 0.864. The molecule has 0 aromatic heterocycles. The van der Waals surface area contributed by atoms with Gasteiger partial charge in [-0.2, -0.15) is 0 Å². The van der Waals surface area contributed by atoms with Gasteiger partial charge < -0.3 is 15.7 Å². The van der Waals surface area contributed by atoms with E-state index in [2.05, 4.69) is 26.0 Å². The van der Waals surface area contributed by atoms with E-state index in [1.54, 1.807) is 4.90 Å². The molecule has 5 heteroatoms. The van der Waals surface area contributed by atoms with Crippen LogP contribution in [0.2, 0.25) is 0 Å². The molecule has 3 N–H and O–H groups in total. The van der Waals surface area contributed by atoms with Gasteiger partial charge in [0.25, 0.3) is 5.91 Å². The lowest BCUT2D eigenvalue weighted by Gasteiger charge is -2.37. The normalized spacial score (nSPS) is 22.0. The van der Waals surface area contributed by atoms with Crippen molar-refractivity contribution in [1.82, 2.24) is 4.90 Å². The zero-order valence-electron chi connectivity index (χ0n) is 13.9. The number of amides is 2. The molecule has 1 unspecified atom stereocenters. The zero-order valence-corrected chi connectivity index (χ0v) is 13.9. The Balaban J connectivity index is 1.96. The number of nitrogens with zero attached hydrogens (tertiary/aromatic N) is 1. The Morgan fingerprint density at radius 1 is 1.30 bits per heavy atom. The highest BCUT2D eigenvalue weighted by atomic mass is 16.3. The summed E-state index contributed by atoms with van der Waals surface area (Å²) in [4.78, 5) is 25.4. The highest BCUT2D eigenvalue weighted by Gasteiger charge is 2.40. The first-order valence-electron chi connectivity index (χ1n) is 8.10. The number of β-amino-alcohol motifs (C(OH)–C–C–N with tert-alkyl or cyclic N) is 1. The molecule has 0 bridgehead atoms. The van der Waals surface area contributed by atoms with E-state index >= 15 is 0 Å². The molecule has 1 aliphatic heterocycles. The average Bonchev–Trinajstić information content (AvgIpc) is 2.53. The van der Waals surface area contributed by atoms with Crippen LogP contribution in [0.4, 0.5) is 0 Å². The van der Waals surface area contributed by atoms with Gasteiger partial charge in [0, 0.05) is 13.0 Å². The number of benzene rings is 1. The molecular formula is C18H26N2O3. The molecule has 0 spiro atoms. The van der Waals surface area contributed by atoms with Crippen LogP contribution in [0.5, 0.6) is 0 Å². The maximum atomic E-state index is 12.4. The van der Waals surface area contributed by atoms with Crippen LogP contribution in [0.15, 0.2) is 30.3 Å². The predicted octanol–water partition coefficient (Wildman–Crippen LogP) is 1.58. The van der Waals surface area contributed by atoms with Gasteiger partial charge in [0.1, 0.15) is 0 Å². The number of carbonyl (C=O) groups excluding carboxylic acids is 2. The van der Waals surface area contributed by atoms with Gasteiger partial charge in [-0.3, -0.25) is 9.59 Å². The topological polar surface area (TPSA) is 83.6 Å². The second-order valence-corrected chi connectivity index (χ2v) is 7.06. The summed E-state index contributed by atoms with van der Waals surface area (Å²) in [7, 11) is 0. The van der Waals surface area contributed by atoms with Crippen molar-refractivity contribution in [2.24, 2.45) is 5.73 Å². The summed E-state index contributed by atoms with van der Waals surface area (Å²) >= 11 is 0. The minimum Gasteiger partial charge on any atom is -0.378 e. The lowest BCUT2D eigenvalue weighted by atomic mass is 9.80. The Labute approximate surface area is 137 Å². The lowest BCUT2D eigenvalue weighted by molar-refractivity contribution is -0.149. The molecule has 1 aliphatic rings. The first-order valence-corrected chi connectivity index (χ1v) is 8.10. The maximum Gasteiger partial charge on any atom is 0.251 e. The van der Waals surface area contributed by atoms with Crippen LogP contribution >= 0.6 is 0 Å². The van der Waals surface area contributed by atoms with Crippen molar-refractivity contribution in [2.75, 3.05) is 13.1 Å². The molecule has 1 saturated heterocycles. The standard InChI is InChI=1S/C18H26N2O3/c1-17(2,14-7-4-3-5-8-14)11-9-15(21)20-12-6-10-18(23,13-20)16(19)22/h3-5,7-8,23H,6,9-13H2,1-2H3,(H2,19,22). The fourth-order valence-corrected chi connectivity index (χ4v) is 3.06. The van der Waals surface area contributed by atoms with E-state index in [-0.39, 0.29) is 17.9 Å². The lowest BCUT2D eigenvalue weighted by Crippen LogP contribution is -2.57. The van der Waals surface area contributed by atoms with E-state index in [1.165, 1.54) is 5.56 Å². The largest absolute Gasteiger partial charge is 0.378 e. The number of nitrogens with two attached hydrogens (primary N) is 1. The molecule has 0 saturated carbocycles. The third-order valence-corrected chi connectivity index (χ3v) is 4.80. The first kappa shape index (κ1) is 17.5. The van der Waals surface area contributed by atoms with Crippen LogP contribution in [0.1, 0.15) is 45.1 Å². The van der Waals surface area contributed by atoms with E-state index in [0.717, 1.165) is 0 Å². The van der Waals surface area contributed by atoms with Gasteiger partial charge >= 0.3 is 0 Å². The van der Waals surface area contributed by atoms with Crippen molar-refractivity contribution in [3.05, 3.63) is 35.9 Å². The maximum absolute atomic E-state index is 12.4. The van der Waals surface area contributed by atoms with Crippen LogP contribution in [0, 0.1) is 0 Å². The van der Waals surface area contributed by atoms with Crippen molar-refractivity contribution >= 4 is 11.8 Å². The zero-order chi connectivity index (χ0) is 17.1. The highest BCUT2D eigenvalue weighted by molar-refractivity contribution is 5.85. The number of carbonyl (C=O) groups is 2. The number of piperidine rings is 1. The second-order valence-electron chi connectivity index (χ2n) is 7.06. The Morgan fingerprint density at radius 2 is 1.96 bits per heavy atom. The average molecular weight is 318 g/mol. The number of aliphatic hydroxyl groups is 1. The molecule has 2 amide bonds. The van der Waals surface area contributed by atoms with E-state index in [9.17, 15) is 14.7 Å². The van der Waals surface area contributed by atoms with Crippen LogP contribution in [0.3, 0.4) is 0 Å². The van der Waals surface area contributed by atoms with Crippen LogP contribution in [-0.4, -0.2) is 40.5 Å². The molecule has 126 valence electrons. The fourth-order valence-electron chi connectivity index (χ4n) is 3.06. The summed E-state index contributed by atoms with van der Waals surface area (Å²) in [5.74, 6) is -0.784. The molecule has 1 aromatic rings. The Hall–Kier alpha value is -1.88. The number of hydrogen-bond donors (Lipinski definition) is 2. The Kier molecular flexibility index (Phi) is 5.09. The van der Waals surface area contributed by atoms with Crippen molar-refractivity contribution < 1.29 is 14.7 Å². The fraction of sp³-hybridized carbons (Fsp3) is 0.556. The highest BCUT2D eigenvalue weighted by Crippen LogP contribution is 2.29. The SMILES string of the molecule is CC(C)(CCC(=O)N1CCCC(O)(C(N)=O)C1)c1ccccc1. The molecule has 0 radical (unpaired) electrons. The summed E-state index contributed by atoms with van der Waals surface area (Å²) in [6, 6.07) is 10.1. The molecular weight excluding hydrogens is 292 g/mol. The van der Waals surface area contributed by atoms with Crippen molar-refractivity contribution in [3.8, 4) is 0 Å². The number of hydrogen-bond acceptors (Lipinski definition) is 3. The minimum absolute atomic E-state index is 0.00688. The van der Waals surface area contributed by atoms with Gasteiger partial charge in [-0.05, 0) is 30.2 Å². The molecule has 1 fully saturated rings. The van der Waals surface area contributed by atoms with Gasteiger partial charge in [0.05, 0.1) is 6.54 Å². The van der Waals surface area contributed by atoms with E-state index < -0.39 is 11.5 Å². The smallest absolute Gasteiger partial charge is 0.251 e. The number of rotatable bonds is 5. The third-order valence-electron chi connectivity index (χ3n) is 4.80. The summed E-state index contributed by atoms with van der Waals surface area (Å²) < 4.78 is 0. The van der Waals surface area contributed by atoms with E-state index in [4.69, 9.17) is 5.73 Å². The van der Waals surface area contributed by atoms with Crippen LogP contribution in [0.25, 0.3) is 0 Å². The van der Waals surface area contributed by atoms with Gasteiger partial charge in [-0.1, -0.05) is 44.2 Å². The summed E-state index contributed by atoms with van der Waals surface area (Å²) in [6.07, 6.45) is 2.01. The van der Waals surface area contributed by atoms with Crippen molar-refractivity contribution in [2.45, 2.75) is 50.5 Å². The van der Waals surface area contributed by atoms with Gasteiger partial charge in [0.15, 0.2) is 5.60 Å². The molecule has 1 atom stereocenters. The third kappa shape index (κ3) is 4.10. The minimum atomic E-state index is -1.58. The molecule has 1 heterocycles. The Bertz CT molecular complexity index is 571. The Morgan fingerprint density at radius 3 is 2.57 bits per heavy atom.